The van der Waals surface area contributed by atoms with Crippen molar-refractivity contribution in [2.24, 2.45) is 5.92 Å². The van der Waals surface area contributed by atoms with Crippen LogP contribution in [0.3, 0.4) is 0 Å². The van der Waals surface area contributed by atoms with Crippen molar-refractivity contribution in [2.75, 3.05) is 6.54 Å². The number of halogens is 2. The highest BCUT2D eigenvalue weighted by molar-refractivity contribution is 7.89. The summed E-state index contributed by atoms with van der Waals surface area (Å²) in [6.45, 7) is 6.50. The van der Waals surface area contributed by atoms with Crippen LogP contribution in [-0.4, -0.2) is 25.3 Å². The smallest absolute Gasteiger partial charge is 0.207 e. The molecule has 0 spiro atoms. The number of benzene rings is 1. The zero-order valence-electron chi connectivity index (χ0n) is 12.6. The number of rotatable bonds is 4. The molecular weight excluding hydrogens is 329 g/mol. The summed E-state index contributed by atoms with van der Waals surface area (Å²) in [5, 5.41) is 0.412. The van der Waals surface area contributed by atoms with E-state index < -0.39 is 10.0 Å². The minimum atomic E-state index is -3.53. The van der Waals surface area contributed by atoms with Crippen LogP contribution in [-0.2, 0) is 15.9 Å². The summed E-state index contributed by atoms with van der Waals surface area (Å²) in [4.78, 5) is 0.290. The van der Waals surface area contributed by atoms with E-state index in [2.05, 4.69) is 13.8 Å². The largest absolute Gasteiger partial charge is 0.243 e. The Morgan fingerprint density at radius 3 is 2.62 bits per heavy atom. The van der Waals surface area contributed by atoms with E-state index in [1.54, 1.807) is 17.3 Å². The van der Waals surface area contributed by atoms with Crippen molar-refractivity contribution in [3.8, 4) is 0 Å². The molecule has 1 aliphatic heterocycles. The maximum absolute atomic E-state index is 13.0. The molecule has 21 heavy (non-hydrogen) atoms. The predicted molar refractivity (Wildman–Crippen MR) is 87.5 cm³/mol. The van der Waals surface area contributed by atoms with E-state index in [0.717, 1.165) is 18.4 Å². The summed E-state index contributed by atoms with van der Waals surface area (Å²) >= 11 is 12.0. The van der Waals surface area contributed by atoms with Crippen LogP contribution in [0.2, 0.25) is 5.02 Å². The van der Waals surface area contributed by atoms with Crippen LogP contribution in [0.25, 0.3) is 0 Å². The molecule has 1 aromatic rings. The second-order valence-corrected chi connectivity index (χ2v) is 8.45. The van der Waals surface area contributed by atoms with Gasteiger partial charge >= 0.3 is 0 Å². The lowest BCUT2D eigenvalue weighted by Crippen LogP contribution is -2.38. The molecule has 6 heteroatoms. The van der Waals surface area contributed by atoms with E-state index in [-0.39, 0.29) is 11.9 Å². The summed E-state index contributed by atoms with van der Waals surface area (Å²) in [5.74, 6) is 0.553. The fourth-order valence-corrected chi connectivity index (χ4v) is 5.68. The first kappa shape index (κ1) is 17.1. The Kier molecular flexibility index (Phi) is 5.24. The van der Waals surface area contributed by atoms with Crippen LogP contribution in [0.1, 0.15) is 37.8 Å². The van der Waals surface area contributed by atoms with Gasteiger partial charge in [0.05, 0.1) is 4.90 Å². The Bertz CT molecular complexity index is 629. The SMILES string of the molecule is Cc1c(CCl)cc(Cl)cc1S(=O)(=O)N1CCCC1C(C)C. The van der Waals surface area contributed by atoms with Gasteiger partial charge in [-0.25, -0.2) is 8.42 Å². The van der Waals surface area contributed by atoms with Gasteiger partial charge < -0.3 is 0 Å². The fourth-order valence-electron chi connectivity index (χ4n) is 2.97. The molecule has 0 bridgehead atoms. The minimum Gasteiger partial charge on any atom is -0.207 e. The van der Waals surface area contributed by atoms with Crippen molar-refractivity contribution < 1.29 is 8.42 Å². The third kappa shape index (κ3) is 3.24. The van der Waals surface area contributed by atoms with E-state index in [1.165, 1.54) is 6.07 Å². The highest BCUT2D eigenvalue weighted by Gasteiger charge is 2.37. The molecule has 1 unspecified atom stereocenters. The molecule has 1 atom stereocenters. The van der Waals surface area contributed by atoms with Gasteiger partial charge in [0.15, 0.2) is 0 Å². The summed E-state index contributed by atoms with van der Waals surface area (Å²) in [6.07, 6.45) is 1.82. The third-order valence-corrected chi connectivity index (χ3v) is 6.74. The molecule has 3 nitrogen and oxygen atoms in total. The van der Waals surface area contributed by atoms with Gasteiger partial charge in [0, 0.05) is 23.5 Å². The second-order valence-electron chi connectivity index (χ2n) is 5.89. The molecule has 0 aromatic heterocycles. The Balaban J connectivity index is 2.52. The average Bonchev–Trinajstić information content (AvgIpc) is 2.91. The first-order valence-electron chi connectivity index (χ1n) is 7.16. The first-order chi connectivity index (χ1) is 9.78. The Morgan fingerprint density at radius 1 is 1.38 bits per heavy atom. The third-order valence-electron chi connectivity index (χ3n) is 4.18. The van der Waals surface area contributed by atoms with E-state index in [4.69, 9.17) is 23.2 Å². The summed E-state index contributed by atoms with van der Waals surface area (Å²) in [6, 6.07) is 3.33. The molecule has 0 aliphatic carbocycles. The number of alkyl halides is 1. The molecule has 0 radical (unpaired) electrons. The van der Waals surface area contributed by atoms with Gasteiger partial charge in [-0.2, -0.15) is 4.31 Å². The van der Waals surface area contributed by atoms with Crippen molar-refractivity contribution in [3.63, 3.8) is 0 Å². The maximum atomic E-state index is 13.0. The monoisotopic (exact) mass is 349 g/mol. The maximum Gasteiger partial charge on any atom is 0.243 e. The molecule has 0 amide bonds. The van der Waals surface area contributed by atoms with Gasteiger partial charge in [-0.15, -0.1) is 11.6 Å². The zero-order valence-corrected chi connectivity index (χ0v) is 14.9. The number of hydrogen-bond acceptors (Lipinski definition) is 2. The van der Waals surface area contributed by atoms with Crippen LogP contribution in [0.5, 0.6) is 0 Å². The molecule has 1 aliphatic rings. The average molecular weight is 350 g/mol. The van der Waals surface area contributed by atoms with Crippen LogP contribution < -0.4 is 0 Å². The van der Waals surface area contributed by atoms with Crippen LogP contribution >= 0.6 is 23.2 Å². The van der Waals surface area contributed by atoms with Crippen LogP contribution in [0.15, 0.2) is 17.0 Å². The van der Waals surface area contributed by atoms with Crippen molar-refractivity contribution >= 4 is 33.2 Å². The topological polar surface area (TPSA) is 37.4 Å². The summed E-state index contributed by atoms with van der Waals surface area (Å²) < 4.78 is 27.7. The molecule has 0 saturated carbocycles. The molecule has 1 fully saturated rings. The first-order valence-corrected chi connectivity index (χ1v) is 9.51. The second kappa shape index (κ2) is 6.45. The van der Waals surface area contributed by atoms with Gasteiger partial charge in [-0.05, 0) is 48.9 Å². The van der Waals surface area contributed by atoms with Gasteiger partial charge in [-0.3, -0.25) is 0 Å². The molecule has 1 saturated heterocycles. The highest BCUT2D eigenvalue weighted by Crippen LogP contribution is 2.33. The lowest BCUT2D eigenvalue weighted by atomic mass is 10.0. The fraction of sp³-hybridized carbons (Fsp3) is 0.600. The summed E-state index contributed by atoms with van der Waals surface area (Å²) in [7, 11) is -3.53. The van der Waals surface area contributed by atoms with Gasteiger partial charge in [-0.1, -0.05) is 25.4 Å². The predicted octanol–water partition coefficient (Wildman–Crippen LogP) is 4.20. The molecule has 0 N–H and O–H groups in total. The van der Waals surface area contributed by atoms with Crippen molar-refractivity contribution in [1.82, 2.24) is 4.31 Å². The molecule has 1 aromatic carbocycles. The standard InChI is InChI=1S/C15H21Cl2NO2S/c1-10(2)14-5-4-6-18(14)21(19,20)15-8-13(17)7-12(9-16)11(15)3/h7-8,10,14H,4-6,9H2,1-3H3. The van der Waals surface area contributed by atoms with Crippen LogP contribution in [0, 0.1) is 12.8 Å². The summed E-state index contributed by atoms with van der Waals surface area (Å²) in [5.41, 5.74) is 1.46. The normalized spacial score (nSPS) is 20.4. The molecule has 2 rings (SSSR count). The zero-order chi connectivity index (χ0) is 15.8. The van der Waals surface area contributed by atoms with Crippen LogP contribution in [0.4, 0.5) is 0 Å². The Labute approximate surface area is 137 Å². The lowest BCUT2D eigenvalue weighted by Gasteiger charge is -2.28. The minimum absolute atomic E-state index is 0.0628. The van der Waals surface area contributed by atoms with Crippen molar-refractivity contribution in [3.05, 3.63) is 28.3 Å². The van der Waals surface area contributed by atoms with E-state index in [0.29, 0.717) is 27.9 Å². The van der Waals surface area contributed by atoms with E-state index in [1.807, 2.05) is 0 Å². The number of nitrogens with zero attached hydrogens (tertiary/aromatic N) is 1. The highest BCUT2D eigenvalue weighted by atomic mass is 35.5. The Morgan fingerprint density at radius 2 is 2.05 bits per heavy atom. The number of sulfonamides is 1. The number of hydrogen-bond donors (Lipinski definition) is 0. The van der Waals surface area contributed by atoms with Crippen molar-refractivity contribution in [1.29, 1.82) is 0 Å². The lowest BCUT2D eigenvalue weighted by molar-refractivity contribution is 0.315. The van der Waals surface area contributed by atoms with E-state index >= 15 is 0 Å². The quantitative estimate of drug-likeness (QED) is 0.764. The molecule has 118 valence electrons. The van der Waals surface area contributed by atoms with Gasteiger partial charge in [0.2, 0.25) is 10.0 Å². The van der Waals surface area contributed by atoms with Gasteiger partial charge in [0.25, 0.3) is 0 Å². The molecule has 1 heterocycles. The van der Waals surface area contributed by atoms with Gasteiger partial charge in [0.1, 0.15) is 0 Å². The molecular formula is C15H21Cl2NO2S. The Hall–Kier alpha value is -0.290. The van der Waals surface area contributed by atoms with Crippen molar-refractivity contribution in [2.45, 2.75) is 50.4 Å². The van der Waals surface area contributed by atoms with E-state index in [9.17, 15) is 8.42 Å².